The molecule has 2 unspecified atom stereocenters. The molecule has 7 heteroatoms. The van der Waals surface area contributed by atoms with Gasteiger partial charge in [0.2, 0.25) is 0 Å². The predicted molar refractivity (Wildman–Crippen MR) is 67.2 cm³/mol. The lowest BCUT2D eigenvalue weighted by atomic mass is 9.97. The average molecular weight is 279 g/mol. The number of hydrogen-bond donors (Lipinski definition) is 5. The maximum atomic E-state index is 9.81. The topological polar surface area (TPSA) is 111 Å². The van der Waals surface area contributed by atoms with Gasteiger partial charge in [-0.1, -0.05) is 20.8 Å². The van der Waals surface area contributed by atoms with Crippen molar-refractivity contribution in [1.29, 1.82) is 0 Å². The van der Waals surface area contributed by atoms with E-state index in [9.17, 15) is 15.3 Å². The molecule has 1 aliphatic rings. The quantitative estimate of drug-likeness (QED) is 0.304. The summed E-state index contributed by atoms with van der Waals surface area (Å²) < 4.78 is 10.3. The number of nitrogens with one attached hydrogen (secondary N) is 1. The second kappa shape index (κ2) is 6.94. The normalized spacial score (nSPS) is 36.5. The highest BCUT2D eigenvalue weighted by Crippen LogP contribution is 2.21. The molecule has 7 nitrogen and oxygen atoms in total. The molecule has 114 valence electrons. The number of rotatable bonds is 5. The number of aliphatic hydroxyl groups is 4. The maximum Gasteiger partial charge on any atom is 0.184 e. The fourth-order valence-electron chi connectivity index (χ4n) is 1.83. The van der Waals surface area contributed by atoms with Gasteiger partial charge in [0.1, 0.15) is 24.4 Å². The summed E-state index contributed by atoms with van der Waals surface area (Å²) in [5.74, 6) is 0. The van der Waals surface area contributed by atoms with E-state index < -0.39 is 37.3 Å². The molecule has 0 aromatic heterocycles. The van der Waals surface area contributed by atoms with Gasteiger partial charge >= 0.3 is 0 Å². The van der Waals surface area contributed by atoms with Gasteiger partial charge in [0.15, 0.2) is 6.29 Å². The summed E-state index contributed by atoms with van der Waals surface area (Å²) in [5, 5.41) is 41.1. The van der Waals surface area contributed by atoms with Gasteiger partial charge in [-0.2, -0.15) is 0 Å². The van der Waals surface area contributed by atoms with Crippen molar-refractivity contribution in [2.45, 2.75) is 51.5 Å². The van der Waals surface area contributed by atoms with Crippen LogP contribution in [0.2, 0.25) is 0 Å². The van der Waals surface area contributed by atoms with E-state index in [0.717, 1.165) is 0 Å². The van der Waals surface area contributed by atoms with Gasteiger partial charge in [0, 0.05) is 6.54 Å². The summed E-state index contributed by atoms with van der Waals surface area (Å²) in [5.41, 5.74) is 0.0884. The molecule has 19 heavy (non-hydrogen) atoms. The Labute approximate surface area is 113 Å². The van der Waals surface area contributed by atoms with Crippen LogP contribution in [0.1, 0.15) is 20.8 Å². The molecule has 0 aromatic rings. The monoisotopic (exact) mass is 279 g/mol. The smallest absolute Gasteiger partial charge is 0.184 e. The summed E-state index contributed by atoms with van der Waals surface area (Å²) in [7, 11) is 0. The molecule has 0 bridgehead atoms. The minimum absolute atomic E-state index is 0.0884. The van der Waals surface area contributed by atoms with E-state index in [1.165, 1.54) is 0 Å². The van der Waals surface area contributed by atoms with Crippen LogP contribution in [-0.4, -0.2) is 71.0 Å². The van der Waals surface area contributed by atoms with Crippen LogP contribution in [0.25, 0.3) is 0 Å². The van der Waals surface area contributed by atoms with Crippen molar-refractivity contribution in [3.05, 3.63) is 0 Å². The Balaban J connectivity index is 2.40. The summed E-state index contributed by atoms with van der Waals surface area (Å²) >= 11 is 0. The van der Waals surface area contributed by atoms with Crippen LogP contribution in [0.15, 0.2) is 0 Å². The van der Waals surface area contributed by atoms with Crippen LogP contribution in [0.3, 0.4) is 0 Å². The molecule has 1 rings (SSSR count). The van der Waals surface area contributed by atoms with Crippen molar-refractivity contribution in [3.63, 3.8) is 0 Å². The fraction of sp³-hybridized carbons (Fsp3) is 1.00. The number of hydrogen-bond acceptors (Lipinski definition) is 7. The van der Waals surface area contributed by atoms with Gasteiger partial charge in [0.05, 0.1) is 13.3 Å². The molecule has 0 amide bonds. The zero-order chi connectivity index (χ0) is 14.6. The predicted octanol–water partition coefficient (Wildman–Crippen LogP) is -1.60. The Hall–Kier alpha value is -0.280. The summed E-state index contributed by atoms with van der Waals surface area (Å²) in [6.45, 7) is 6.52. The molecule has 1 heterocycles. The Kier molecular flexibility index (Phi) is 6.13. The van der Waals surface area contributed by atoms with Crippen LogP contribution in [0.5, 0.6) is 0 Å². The maximum absolute atomic E-state index is 9.81. The SMILES string of the molecule is CC(C)(C)CNCO[C@@H]1C(O)[C@H](O)C(CO)O[C@@H]1O. The second-order valence-electron chi connectivity index (χ2n) is 5.99. The first-order valence-electron chi connectivity index (χ1n) is 6.39. The molecule has 1 fully saturated rings. The van der Waals surface area contributed by atoms with Crippen LogP contribution in [-0.2, 0) is 9.47 Å². The van der Waals surface area contributed by atoms with Crippen LogP contribution in [0, 0.1) is 5.41 Å². The van der Waals surface area contributed by atoms with Crippen molar-refractivity contribution in [1.82, 2.24) is 5.32 Å². The first kappa shape index (κ1) is 16.8. The molecular weight excluding hydrogens is 254 g/mol. The molecule has 0 radical (unpaired) electrons. The second-order valence-corrected chi connectivity index (χ2v) is 5.99. The minimum Gasteiger partial charge on any atom is -0.394 e. The zero-order valence-corrected chi connectivity index (χ0v) is 11.6. The Bertz CT molecular complexity index is 269. The van der Waals surface area contributed by atoms with Crippen molar-refractivity contribution in [2.24, 2.45) is 5.41 Å². The molecule has 5 atom stereocenters. The molecular formula is C12H25NO6. The number of aliphatic hydroxyl groups excluding tert-OH is 4. The van der Waals surface area contributed by atoms with E-state index in [2.05, 4.69) is 26.1 Å². The highest BCUT2D eigenvalue weighted by atomic mass is 16.7. The van der Waals surface area contributed by atoms with Crippen LogP contribution >= 0.6 is 0 Å². The zero-order valence-electron chi connectivity index (χ0n) is 11.6. The Morgan fingerprint density at radius 3 is 2.32 bits per heavy atom. The third kappa shape index (κ3) is 4.96. The molecule has 5 N–H and O–H groups in total. The highest BCUT2D eigenvalue weighted by molar-refractivity contribution is 4.89. The molecule has 1 saturated heterocycles. The lowest BCUT2D eigenvalue weighted by Crippen LogP contribution is -2.59. The van der Waals surface area contributed by atoms with Crippen LogP contribution in [0.4, 0.5) is 0 Å². The summed E-state index contributed by atoms with van der Waals surface area (Å²) in [4.78, 5) is 0. The van der Waals surface area contributed by atoms with E-state index in [0.29, 0.717) is 6.54 Å². The van der Waals surface area contributed by atoms with E-state index in [1.54, 1.807) is 0 Å². The molecule has 0 aromatic carbocycles. The van der Waals surface area contributed by atoms with Gasteiger partial charge < -0.3 is 29.9 Å². The fourth-order valence-corrected chi connectivity index (χ4v) is 1.83. The van der Waals surface area contributed by atoms with Crippen molar-refractivity contribution in [3.8, 4) is 0 Å². The molecule has 0 aliphatic carbocycles. The lowest BCUT2D eigenvalue weighted by Gasteiger charge is -2.39. The minimum atomic E-state index is -1.38. The van der Waals surface area contributed by atoms with Gasteiger partial charge in [-0.25, -0.2) is 0 Å². The largest absolute Gasteiger partial charge is 0.394 e. The first-order valence-corrected chi connectivity index (χ1v) is 6.39. The lowest BCUT2D eigenvalue weighted by molar-refractivity contribution is -0.297. The molecule has 0 spiro atoms. The van der Waals surface area contributed by atoms with E-state index >= 15 is 0 Å². The van der Waals surface area contributed by atoms with Gasteiger partial charge in [-0.05, 0) is 5.41 Å². The van der Waals surface area contributed by atoms with Gasteiger partial charge in [-0.3, -0.25) is 5.32 Å². The highest BCUT2D eigenvalue weighted by Gasteiger charge is 2.44. The molecule has 1 aliphatic heterocycles. The van der Waals surface area contributed by atoms with E-state index in [-0.39, 0.29) is 12.1 Å². The van der Waals surface area contributed by atoms with Gasteiger partial charge in [0.25, 0.3) is 0 Å². The van der Waals surface area contributed by atoms with E-state index in [1.807, 2.05) is 0 Å². The van der Waals surface area contributed by atoms with Crippen molar-refractivity contribution >= 4 is 0 Å². The van der Waals surface area contributed by atoms with Crippen molar-refractivity contribution < 1.29 is 29.9 Å². The average Bonchev–Trinajstić information content (AvgIpc) is 2.31. The van der Waals surface area contributed by atoms with E-state index in [4.69, 9.17) is 14.6 Å². The van der Waals surface area contributed by atoms with Crippen molar-refractivity contribution in [2.75, 3.05) is 19.9 Å². The first-order chi connectivity index (χ1) is 8.76. The number of ether oxygens (including phenoxy) is 2. The summed E-state index contributed by atoms with van der Waals surface area (Å²) in [6, 6.07) is 0. The Morgan fingerprint density at radius 1 is 1.16 bits per heavy atom. The summed E-state index contributed by atoms with van der Waals surface area (Å²) in [6.07, 6.45) is -6.04. The van der Waals surface area contributed by atoms with Gasteiger partial charge in [-0.15, -0.1) is 0 Å². The standard InChI is InChI=1S/C12H25NO6/c1-12(2,3)5-13-6-18-10-9(16)8(15)7(4-14)19-11(10)17/h7-11,13-17H,4-6H2,1-3H3/t7?,8-,9?,10-,11+/m1/s1. The Morgan fingerprint density at radius 2 is 1.79 bits per heavy atom. The third-order valence-electron chi connectivity index (χ3n) is 2.88. The molecule has 0 saturated carbocycles. The third-order valence-corrected chi connectivity index (χ3v) is 2.88. The van der Waals surface area contributed by atoms with Crippen LogP contribution < -0.4 is 5.32 Å².